The zero-order valence-corrected chi connectivity index (χ0v) is 12.2. The highest BCUT2D eigenvalue weighted by Gasteiger charge is 2.16. The van der Waals surface area contributed by atoms with Crippen molar-refractivity contribution in [2.24, 2.45) is 0 Å². The number of nitriles is 1. The molecule has 0 fully saturated rings. The average molecular weight is 307 g/mol. The Kier molecular flexibility index (Phi) is 4.73. The van der Waals surface area contributed by atoms with Crippen LogP contribution >= 0.6 is 23.2 Å². The summed E-state index contributed by atoms with van der Waals surface area (Å²) in [6.45, 7) is 0. The Morgan fingerprint density at radius 1 is 1.20 bits per heavy atom. The first-order chi connectivity index (χ1) is 9.65. The van der Waals surface area contributed by atoms with Crippen LogP contribution in [0.2, 0.25) is 10.0 Å². The van der Waals surface area contributed by atoms with E-state index in [-0.39, 0.29) is 0 Å². The van der Waals surface area contributed by atoms with E-state index >= 15 is 0 Å². The first-order valence-electron chi connectivity index (χ1n) is 5.90. The molecule has 2 rings (SSSR count). The molecule has 102 valence electrons. The van der Waals surface area contributed by atoms with Gasteiger partial charge in [0.15, 0.2) is 0 Å². The van der Waals surface area contributed by atoms with Gasteiger partial charge in [0.25, 0.3) is 0 Å². The minimum atomic E-state index is -0.613. The minimum Gasteiger partial charge on any atom is -0.495 e. The van der Waals surface area contributed by atoms with Crippen molar-refractivity contribution >= 4 is 28.9 Å². The molecule has 1 atom stereocenters. The average Bonchev–Trinajstić information content (AvgIpc) is 2.48. The highest BCUT2D eigenvalue weighted by Crippen LogP contribution is 2.31. The highest BCUT2D eigenvalue weighted by molar-refractivity contribution is 6.33. The number of halogens is 2. The maximum atomic E-state index is 9.36. The van der Waals surface area contributed by atoms with Crippen LogP contribution in [0.5, 0.6) is 5.75 Å². The molecule has 0 bridgehead atoms. The molecule has 3 nitrogen and oxygen atoms in total. The van der Waals surface area contributed by atoms with Gasteiger partial charge >= 0.3 is 0 Å². The van der Waals surface area contributed by atoms with E-state index < -0.39 is 6.04 Å². The number of anilines is 1. The maximum absolute atomic E-state index is 9.36. The van der Waals surface area contributed by atoms with Gasteiger partial charge in [-0.3, -0.25) is 0 Å². The van der Waals surface area contributed by atoms with Crippen LogP contribution in [-0.4, -0.2) is 7.11 Å². The molecule has 0 aliphatic heterocycles. The van der Waals surface area contributed by atoms with Gasteiger partial charge in [-0.1, -0.05) is 35.3 Å². The highest BCUT2D eigenvalue weighted by atomic mass is 35.5. The summed E-state index contributed by atoms with van der Waals surface area (Å²) in [4.78, 5) is 0. The largest absolute Gasteiger partial charge is 0.495 e. The van der Waals surface area contributed by atoms with Gasteiger partial charge in [-0.05, 0) is 30.3 Å². The van der Waals surface area contributed by atoms with Crippen LogP contribution in [0, 0.1) is 11.3 Å². The quantitative estimate of drug-likeness (QED) is 0.892. The summed E-state index contributed by atoms with van der Waals surface area (Å²) < 4.78 is 5.25. The maximum Gasteiger partial charge on any atom is 0.141 e. The minimum absolute atomic E-state index is 0.489. The molecule has 1 N–H and O–H groups in total. The number of nitrogens with zero attached hydrogens (tertiary/aromatic N) is 1. The Bertz CT molecular complexity index is 653. The van der Waals surface area contributed by atoms with Crippen molar-refractivity contribution in [3.63, 3.8) is 0 Å². The number of ether oxygens (including phenoxy) is 1. The first kappa shape index (κ1) is 14.5. The van der Waals surface area contributed by atoms with Crippen LogP contribution in [0.4, 0.5) is 5.69 Å². The van der Waals surface area contributed by atoms with Crippen molar-refractivity contribution in [1.29, 1.82) is 5.26 Å². The van der Waals surface area contributed by atoms with Gasteiger partial charge in [0.1, 0.15) is 11.8 Å². The lowest BCUT2D eigenvalue weighted by Crippen LogP contribution is -2.10. The second-order valence-electron chi connectivity index (χ2n) is 4.07. The van der Waals surface area contributed by atoms with Crippen molar-refractivity contribution in [2.75, 3.05) is 12.4 Å². The van der Waals surface area contributed by atoms with Crippen molar-refractivity contribution < 1.29 is 4.74 Å². The fourth-order valence-corrected chi connectivity index (χ4v) is 2.24. The zero-order chi connectivity index (χ0) is 14.5. The molecular weight excluding hydrogens is 295 g/mol. The molecule has 0 saturated heterocycles. The van der Waals surface area contributed by atoms with E-state index in [2.05, 4.69) is 11.4 Å². The number of hydrogen-bond acceptors (Lipinski definition) is 3. The molecule has 0 aliphatic carbocycles. The number of hydrogen-bond donors (Lipinski definition) is 1. The third-order valence-corrected chi connectivity index (χ3v) is 3.38. The predicted molar refractivity (Wildman–Crippen MR) is 81.4 cm³/mol. The Morgan fingerprint density at radius 3 is 2.65 bits per heavy atom. The lowest BCUT2D eigenvalue weighted by Gasteiger charge is -2.17. The van der Waals surface area contributed by atoms with E-state index in [0.29, 0.717) is 21.4 Å². The van der Waals surface area contributed by atoms with Crippen molar-refractivity contribution in [2.45, 2.75) is 6.04 Å². The summed E-state index contributed by atoms with van der Waals surface area (Å²) in [5.74, 6) is 0.658. The summed E-state index contributed by atoms with van der Waals surface area (Å²) in [6.07, 6.45) is 0. The molecule has 0 aromatic heterocycles. The zero-order valence-electron chi connectivity index (χ0n) is 10.7. The van der Waals surface area contributed by atoms with E-state index in [0.717, 1.165) is 5.69 Å². The van der Waals surface area contributed by atoms with E-state index in [1.165, 1.54) is 0 Å². The molecule has 0 saturated carbocycles. The molecule has 0 amide bonds. The second-order valence-corrected chi connectivity index (χ2v) is 4.92. The molecule has 1 unspecified atom stereocenters. The Hall–Kier alpha value is -1.89. The van der Waals surface area contributed by atoms with Gasteiger partial charge < -0.3 is 10.1 Å². The number of para-hydroxylation sites is 2. The molecule has 0 heterocycles. The lowest BCUT2D eigenvalue weighted by molar-refractivity contribution is 0.416. The number of rotatable bonds is 4. The van der Waals surface area contributed by atoms with Crippen molar-refractivity contribution in [3.8, 4) is 11.8 Å². The van der Waals surface area contributed by atoms with Crippen molar-refractivity contribution in [1.82, 2.24) is 0 Å². The monoisotopic (exact) mass is 306 g/mol. The van der Waals surface area contributed by atoms with E-state index in [9.17, 15) is 5.26 Å². The predicted octanol–water partition coefficient (Wildman–Crippen LogP) is 4.68. The number of benzene rings is 2. The van der Waals surface area contributed by atoms with E-state index in [1.807, 2.05) is 24.3 Å². The van der Waals surface area contributed by atoms with Crippen molar-refractivity contribution in [3.05, 3.63) is 58.1 Å². The third-order valence-electron chi connectivity index (χ3n) is 2.80. The Morgan fingerprint density at radius 2 is 1.95 bits per heavy atom. The fraction of sp³-hybridized carbons (Fsp3) is 0.133. The van der Waals surface area contributed by atoms with Gasteiger partial charge in [0.2, 0.25) is 0 Å². The SMILES string of the molecule is COc1ccccc1NC(C#N)c1cc(Cl)ccc1Cl. The third kappa shape index (κ3) is 3.16. The normalized spacial score (nSPS) is 11.5. The summed E-state index contributed by atoms with van der Waals surface area (Å²) in [6, 6.07) is 14.0. The van der Waals surface area contributed by atoms with E-state index in [4.69, 9.17) is 27.9 Å². The van der Waals surface area contributed by atoms with E-state index in [1.54, 1.807) is 25.3 Å². The standard InChI is InChI=1S/C15H12Cl2N2O/c1-20-15-5-3-2-4-13(15)19-14(9-18)11-8-10(16)6-7-12(11)17/h2-8,14,19H,1H3. The lowest BCUT2D eigenvalue weighted by atomic mass is 10.1. The smallest absolute Gasteiger partial charge is 0.141 e. The van der Waals surface area contributed by atoms with Gasteiger partial charge in [0.05, 0.1) is 18.9 Å². The molecule has 0 radical (unpaired) electrons. The van der Waals surface area contributed by atoms with Crippen LogP contribution in [0.1, 0.15) is 11.6 Å². The molecule has 0 spiro atoms. The molecule has 5 heteroatoms. The number of methoxy groups -OCH3 is 1. The Balaban J connectivity index is 2.34. The summed E-state index contributed by atoms with van der Waals surface area (Å²) in [5.41, 5.74) is 1.35. The summed E-state index contributed by atoms with van der Waals surface area (Å²) in [7, 11) is 1.58. The molecule has 0 aliphatic rings. The molecular formula is C15H12Cl2N2O. The summed E-state index contributed by atoms with van der Waals surface area (Å²) >= 11 is 12.1. The first-order valence-corrected chi connectivity index (χ1v) is 6.65. The topological polar surface area (TPSA) is 45.0 Å². The van der Waals surface area contributed by atoms with Crippen LogP contribution in [0.3, 0.4) is 0 Å². The van der Waals surface area contributed by atoms with Crippen LogP contribution in [0.15, 0.2) is 42.5 Å². The van der Waals surface area contributed by atoms with Gasteiger partial charge in [0, 0.05) is 15.6 Å². The fourth-order valence-electron chi connectivity index (χ4n) is 1.83. The molecule has 2 aromatic rings. The second kappa shape index (κ2) is 6.51. The van der Waals surface area contributed by atoms with Crippen LogP contribution in [-0.2, 0) is 0 Å². The van der Waals surface area contributed by atoms with Crippen LogP contribution < -0.4 is 10.1 Å². The summed E-state index contributed by atoms with van der Waals surface area (Å²) in [5, 5.41) is 13.5. The molecule has 2 aromatic carbocycles. The van der Waals surface area contributed by atoms with Crippen LogP contribution in [0.25, 0.3) is 0 Å². The van der Waals surface area contributed by atoms with Gasteiger partial charge in [-0.15, -0.1) is 0 Å². The van der Waals surface area contributed by atoms with Gasteiger partial charge in [-0.2, -0.15) is 5.26 Å². The number of nitrogens with one attached hydrogen (secondary N) is 1. The Labute approximate surface area is 127 Å². The van der Waals surface area contributed by atoms with Gasteiger partial charge in [-0.25, -0.2) is 0 Å². The molecule has 20 heavy (non-hydrogen) atoms.